The molecule has 8 nitrogen and oxygen atoms in total. The number of para-hydroxylation sites is 4. The van der Waals surface area contributed by atoms with E-state index in [9.17, 15) is 0 Å². The van der Waals surface area contributed by atoms with E-state index < -0.39 is 0 Å². The minimum absolute atomic E-state index is 0. The number of aromatic nitrogens is 6. The normalized spacial score (nSPS) is 11.5. The van der Waals surface area contributed by atoms with Crippen molar-refractivity contribution in [3.05, 3.63) is 457 Å². The van der Waals surface area contributed by atoms with Crippen LogP contribution < -0.4 is 9.80 Å². The summed E-state index contributed by atoms with van der Waals surface area (Å²) in [5.41, 5.74) is 41.3. The first-order chi connectivity index (χ1) is 64.6. The summed E-state index contributed by atoms with van der Waals surface area (Å²) in [5.74, 6) is 0. The van der Waals surface area contributed by atoms with E-state index in [1.54, 1.807) is 0 Å². The van der Waals surface area contributed by atoms with Crippen LogP contribution in [0.4, 0.5) is 34.1 Å². The molecule has 21 aromatic rings. The first kappa shape index (κ1) is 91.0. The molecule has 0 saturated heterocycles. The SMILES string of the molecule is Cc1cnc(-c2[c-]c(N(c3[c-]c(-c4cc(-c5ccc(-c6ccccc6)cc5)ccn4)ccc3)c3c(C)cc(-n4c5ccccc5c5ccccc54)cc3C)ccc2)cc1-c1ccccc1.Cc1cnc(-c2[c-]c(N(c3[c-]c(-c4cc(-c5ccccc5)c(C)cn4)cc(C(C)(C)C)c3)c3c(C)cc(-n4c5ccccc5c5ccccc54)cc3C)cc(C(C)(C)C)c2)cc1-c1ccccc1.[Pt+2].[Pt+2]. The summed E-state index contributed by atoms with van der Waals surface area (Å²) in [7, 11) is 0. The van der Waals surface area contributed by atoms with Crippen LogP contribution >= 0.6 is 0 Å². The Kier molecular flexibility index (Phi) is 25.8. The van der Waals surface area contributed by atoms with Gasteiger partial charge in [-0.15, -0.1) is 118 Å². The predicted octanol–water partition coefficient (Wildman–Crippen LogP) is 33.0. The maximum atomic E-state index is 5.10. The average Bonchev–Trinajstić information content (AvgIpc) is 1.69. The van der Waals surface area contributed by atoms with Gasteiger partial charge in [0.2, 0.25) is 0 Å². The van der Waals surface area contributed by atoms with Crippen molar-refractivity contribution in [3.8, 4) is 112 Å². The van der Waals surface area contributed by atoms with Crippen molar-refractivity contribution in [2.45, 2.75) is 101 Å². The van der Waals surface area contributed by atoms with E-state index in [2.05, 4.69) is 485 Å². The molecule has 0 aliphatic rings. The summed E-state index contributed by atoms with van der Waals surface area (Å²) in [6.45, 7) is 29.0. The fraction of sp³-hybridized carbons (Fsp3) is 0.120. The molecule has 0 bridgehead atoms. The zero-order valence-electron chi connectivity index (χ0n) is 78.1. The van der Waals surface area contributed by atoms with E-state index in [-0.39, 0.29) is 53.0 Å². The largest absolute Gasteiger partial charge is 2.00 e. The van der Waals surface area contributed by atoms with Crippen LogP contribution in [0.15, 0.2) is 383 Å². The van der Waals surface area contributed by atoms with Crippen LogP contribution in [0.3, 0.4) is 0 Å². The van der Waals surface area contributed by atoms with E-state index in [0.717, 1.165) is 163 Å². The van der Waals surface area contributed by atoms with E-state index in [1.165, 1.54) is 77.0 Å². The Morgan fingerprint density at radius 3 is 0.874 bits per heavy atom. The number of pyridine rings is 4. The third-order valence-corrected chi connectivity index (χ3v) is 25.8. The average molecular weight is 2110 g/mol. The summed E-state index contributed by atoms with van der Waals surface area (Å²) in [5, 5.41) is 4.96. The van der Waals surface area contributed by atoms with Crippen LogP contribution in [0.2, 0.25) is 0 Å². The van der Waals surface area contributed by atoms with E-state index in [0.29, 0.717) is 0 Å². The molecule has 135 heavy (non-hydrogen) atoms. The minimum atomic E-state index is -0.191. The molecule has 0 aliphatic heterocycles. The van der Waals surface area contributed by atoms with Gasteiger partial charge in [-0.1, -0.05) is 284 Å². The zero-order valence-corrected chi connectivity index (χ0v) is 82.6. The monoisotopic (exact) mass is 2100 g/mol. The van der Waals surface area contributed by atoms with Crippen molar-refractivity contribution in [2.75, 3.05) is 9.80 Å². The van der Waals surface area contributed by atoms with Crippen molar-refractivity contribution in [1.29, 1.82) is 0 Å². The molecule has 0 fully saturated rings. The van der Waals surface area contributed by atoms with E-state index >= 15 is 0 Å². The van der Waals surface area contributed by atoms with Gasteiger partial charge in [-0.3, -0.25) is 0 Å². The Bertz CT molecular complexity index is 7680. The van der Waals surface area contributed by atoms with Gasteiger partial charge >= 0.3 is 42.1 Å². The molecule has 6 aromatic heterocycles. The molecule has 0 saturated carbocycles. The molecule has 0 N–H and O–H groups in total. The van der Waals surface area contributed by atoms with Crippen LogP contribution in [-0.2, 0) is 53.0 Å². The van der Waals surface area contributed by atoms with Crippen molar-refractivity contribution >= 4 is 77.7 Å². The second-order valence-electron chi connectivity index (χ2n) is 37.1. The van der Waals surface area contributed by atoms with Gasteiger partial charge in [0.1, 0.15) is 0 Å². The zero-order chi connectivity index (χ0) is 91.3. The van der Waals surface area contributed by atoms with Gasteiger partial charge in [0.25, 0.3) is 0 Å². The predicted molar refractivity (Wildman–Crippen MR) is 557 cm³/mol. The van der Waals surface area contributed by atoms with Crippen LogP contribution in [0.5, 0.6) is 0 Å². The van der Waals surface area contributed by atoms with Gasteiger partial charge in [-0.05, 0) is 254 Å². The Hall–Kier alpha value is -14.5. The third kappa shape index (κ3) is 18.3. The smallest absolute Gasteiger partial charge is 0.346 e. The molecule has 662 valence electrons. The fourth-order valence-corrected chi connectivity index (χ4v) is 19.0. The summed E-state index contributed by atoms with van der Waals surface area (Å²) < 4.78 is 4.80. The second-order valence-corrected chi connectivity index (χ2v) is 37.1. The maximum Gasteiger partial charge on any atom is 2.00 e. The molecule has 0 radical (unpaired) electrons. The van der Waals surface area contributed by atoms with Crippen LogP contribution in [0.1, 0.15) is 91.6 Å². The second kappa shape index (κ2) is 38.2. The number of aryl methyl sites for hydroxylation is 7. The number of anilines is 6. The minimum Gasteiger partial charge on any atom is -0.346 e. The third-order valence-electron chi connectivity index (χ3n) is 25.8. The van der Waals surface area contributed by atoms with E-state index in [4.69, 9.17) is 19.9 Å². The first-order valence-corrected chi connectivity index (χ1v) is 45.8. The molecule has 6 heterocycles. The Morgan fingerprint density at radius 2 is 0.526 bits per heavy atom. The number of benzene rings is 15. The molecular formula is C125H102N8Pt2. The van der Waals surface area contributed by atoms with Gasteiger partial charge in [-0.25, -0.2) is 0 Å². The van der Waals surface area contributed by atoms with Crippen molar-refractivity contribution in [1.82, 2.24) is 29.1 Å². The molecule has 10 heteroatoms. The van der Waals surface area contributed by atoms with Crippen LogP contribution in [0.25, 0.3) is 156 Å². The Balaban J connectivity index is 0.000000178. The molecule has 15 aromatic carbocycles. The van der Waals surface area contributed by atoms with Crippen molar-refractivity contribution in [2.24, 2.45) is 0 Å². The molecule has 0 unspecified atom stereocenters. The first-order valence-electron chi connectivity index (χ1n) is 45.8. The van der Waals surface area contributed by atoms with Crippen LogP contribution in [-0.4, -0.2) is 29.1 Å². The van der Waals surface area contributed by atoms with Crippen LogP contribution in [0, 0.1) is 72.7 Å². The van der Waals surface area contributed by atoms with Gasteiger partial charge < -0.3 is 38.9 Å². The summed E-state index contributed by atoms with van der Waals surface area (Å²) in [6.07, 6.45) is 7.86. The number of nitrogens with zero attached hydrogens (tertiary/aromatic N) is 8. The van der Waals surface area contributed by atoms with Gasteiger partial charge in [0.15, 0.2) is 0 Å². The molecule has 0 aliphatic carbocycles. The molecule has 0 spiro atoms. The Morgan fingerprint density at radius 1 is 0.237 bits per heavy atom. The summed E-state index contributed by atoms with van der Waals surface area (Å²) >= 11 is 0. The molecular weight excluding hydrogens is 2000 g/mol. The number of hydrogen-bond acceptors (Lipinski definition) is 6. The topological polar surface area (TPSA) is 67.9 Å². The van der Waals surface area contributed by atoms with Gasteiger partial charge in [-0.2, -0.15) is 0 Å². The quantitative estimate of drug-likeness (QED) is 0.0847. The number of hydrogen-bond donors (Lipinski definition) is 0. The van der Waals surface area contributed by atoms with Gasteiger partial charge in [0.05, 0.1) is 22.1 Å². The molecule has 21 rings (SSSR count). The van der Waals surface area contributed by atoms with E-state index in [1.807, 2.05) is 30.9 Å². The maximum absolute atomic E-state index is 5.10. The summed E-state index contributed by atoms with van der Waals surface area (Å²) in [6, 6.07) is 143. The van der Waals surface area contributed by atoms with Gasteiger partial charge in [0, 0.05) is 69.1 Å². The number of fused-ring (bicyclic) bond motifs is 6. The molecule has 0 atom stereocenters. The summed E-state index contributed by atoms with van der Waals surface area (Å²) in [4.78, 5) is 24.7. The van der Waals surface area contributed by atoms with Crippen molar-refractivity contribution < 1.29 is 42.1 Å². The van der Waals surface area contributed by atoms with Crippen molar-refractivity contribution in [3.63, 3.8) is 0 Å². The standard InChI is InChI=1S/C64H58N4.C61H44N4.2Pt/c1-41-29-51(68-60-27-19-17-25-54(60)55-26-18-20-28-61(55)68)30-42(2)62(41)67(52-33-47(31-49(35-52)63(5,6)7)58-37-56(43(3)39-65-58)45-21-13-11-14-22-45)53-34-48(32-50(36-53)64(8,9)10)59-38-57(44(4)40-66-59)46-23-15-12-16-24-46;1-41-34-53(65-59-26-12-10-24-54(59)55-25-11-13-27-60(55)65)35-42(2)61(41)64(52-23-15-21-50(37-52)58-39-56(43(3)40-63-58)47-18-8-5-9-19-47)51-22-14-20-49(36-51)57-38-48(32-33-62-57)46-30-28-45(29-31-46)44-16-6-4-7-17-44;;/h11-32,35-40H,1-10H3;4-35,38-40H,1-3H3;;/q2*-2;2*+2. The number of rotatable bonds is 17. The fourth-order valence-electron chi connectivity index (χ4n) is 19.0. The Labute approximate surface area is 822 Å². The molecule has 0 amide bonds.